The normalized spacial score (nSPS) is 35.0. The second-order valence-corrected chi connectivity index (χ2v) is 10.8. The van der Waals surface area contributed by atoms with E-state index < -0.39 is 0 Å². The molecular formula is C25H35N3O2. The van der Waals surface area contributed by atoms with Crippen molar-refractivity contribution in [3.63, 3.8) is 0 Å². The summed E-state index contributed by atoms with van der Waals surface area (Å²) in [6.07, 6.45) is 5.65. The molecule has 4 aliphatic rings. The molecule has 3 saturated heterocycles. The summed E-state index contributed by atoms with van der Waals surface area (Å²) >= 11 is 0. The van der Waals surface area contributed by atoms with Crippen molar-refractivity contribution in [1.29, 1.82) is 0 Å². The molecule has 2 bridgehead atoms. The molecule has 3 aliphatic heterocycles. The second kappa shape index (κ2) is 6.73. The van der Waals surface area contributed by atoms with Gasteiger partial charge in [0.1, 0.15) is 0 Å². The minimum absolute atomic E-state index is 0.00491. The molecule has 0 radical (unpaired) electrons. The van der Waals surface area contributed by atoms with Crippen LogP contribution in [0.4, 0.5) is 4.79 Å². The maximum absolute atomic E-state index is 13.8. The zero-order chi connectivity index (χ0) is 21.1. The number of nitrogens with zero attached hydrogens (tertiary/aromatic N) is 2. The van der Waals surface area contributed by atoms with Crippen molar-refractivity contribution in [3.05, 3.63) is 35.4 Å². The van der Waals surface area contributed by atoms with Crippen molar-refractivity contribution in [2.75, 3.05) is 26.2 Å². The molecule has 0 aromatic heterocycles. The van der Waals surface area contributed by atoms with Crippen molar-refractivity contribution in [2.24, 2.45) is 10.8 Å². The van der Waals surface area contributed by atoms with Gasteiger partial charge in [0.2, 0.25) is 5.91 Å². The third kappa shape index (κ3) is 2.66. The van der Waals surface area contributed by atoms with Crippen LogP contribution in [0, 0.1) is 10.8 Å². The van der Waals surface area contributed by atoms with Crippen LogP contribution in [0.15, 0.2) is 24.3 Å². The number of nitrogens with one attached hydrogen (secondary N) is 1. The van der Waals surface area contributed by atoms with E-state index in [9.17, 15) is 9.59 Å². The lowest BCUT2D eigenvalue weighted by Crippen LogP contribution is -2.67. The van der Waals surface area contributed by atoms with Crippen LogP contribution in [0.2, 0.25) is 0 Å². The Morgan fingerprint density at radius 1 is 1.07 bits per heavy atom. The van der Waals surface area contributed by atoms with Crippen molar-refractivity contribution in [3.8, 4) is 0 Å². The van der Waals surface area contributed by atoms with Gasteiger partial charge in [0.25, 0.3) is 0 Å². The number of fused-ring (bicyclic) bond motifs is 4. The molecule has 5 rings (SSSR count). The van der Waals surface area contributed by atoms with Gasteiger partial charge in [-0.15, -0.1) is 0 Å². The first kappa shape index (κ1) is 19.9. The van der Waals surface area contributed by atoms with Crippen molar-refractivity contribution < 1.29 is 9.59 Å². The predicted molar refractivity (Wildman–Crippen MR) is 117 cm³/mol. The van der Waals surface area contributed by atoms with E-state index in [4.69, 9.17) is 0 Å². The Morgan fingerprint density at radius 2 is 1.83 bits per heavy atom. The molecule has 1 unspecified atom stereocenters. The molecule has 1 aromatic rings. The van der Waals surface area contributed by atoms with Gasteiger partial charge in [-0.3, -0.25) is 4.79 Å². The predicted octanol–water partition coefficient (Wildman–Crippen LogP) is 3.71. The molecule has 3 fully saturated rings. The molecule has 1 aliphatic carbocycles. The summed E-state index contributed by atoms with van der Waals surface area (Å²) in [5.41, 5.74) is 2.57. The monoisotopic (exact) mass is 409 g/mol. The van der Waals surface area contributed by atoms with E-state index in [0.717, 1.165) is 58.2 Å². The number of urea groups is 1. The van der Waals surface area contributed by atoms with E-state index in [1.807, 2.05) is 4.90 Å². The molecule has 1 N–H and O–H groups in total. The van der Waals surface area contributed by atoms with Crippen LogP contribution in [0.5, 0.6) is 0 Å². The molecule has 5 heteroatoms. The summed E-state index contributed by atoms with van der Waals surface area (Å²) in [7, 11) is 0. The highest BCUT2D eigenvalue weighted by Crippen LogP contribution is 2.56. The lowest BCUT2D eigenvalue weighted by atomic mass is 9.51. The van der Waals surface area contributed by atoms with Crippen LogP contribution < -0.4 is 5.32 Å². The fourth-order valence-electron chi connectivity index (χ4n) is 6.90. The molecule has 0 saturated carbocycles. The van der Waals surface area contributed by atoms with E-state index in [2.05, 4.69) is 55.3 Å². The molecule has 162 valence electrons. The number of carbonyl (C=O) groups excluding carboxylic acids is 2. The Kier molecular flexibility index (Phi) is 4.46. The summed E-state index contributed by atoms with van der Waals surface area (Å²) < 4.78 is 0. The average molecular weight is 410 g/mol. The average Bonchev–Trinajstić information content (AvgIpc) is 2.73. The standard InChI is InChI=1S/C25H35N3O2/c1-23(2)20-16-18-8-4-5-9-19(18)24(23,3)12-15-28(20)22(30)27-14-7-11-25(17-27)10-6-13-26-21(25)29/h4-5,8-9,20H,6-7,10-17H2,1-3H3,(H,26,29)/t20-,24+,25?/m1/s1. The fraction of sp³-hybridized carbons (Fsp3) is 0.680. The van der Waals surface area contributed by atoms with Crippen LogP contribution in [-0.4, -0.2) is 54.0 Å². The van der Waals surface area contributed by atoms with Crippen LogP contribution in [-0.2, 0) is 16.6 Å². The number of amides is 3. The highest BCUT2D eigenvalue weighted by molar-refractivity contribution is 5.85. The van der Waals surface area contributed by atoms with Gasteiger partial charge in [-0.2, -0.15) is 0 Å². The van der Waals surface area contributed by atoms with Crippen LogP contribution in [0.3, 0.4) is 0 Å². The Balaban J connectivity index is 1.43. The van der Waals surface area contributed by atoms with Crippen LogP contribution in [0.1, 0.15) is 64.0 Å². The van der Waals surface area contributed by atoms with E-state index in [1.165, 1.54) is 11.1 Å². The molecule has 1 spiro atoms. The highest BCUT2D eigenvalue weighted by atomic mass is 16.2. The molecular weight excluding hydrogens is 374 g/mol. The van der Waals surface area contributed by atoms with Gasteiger partial charge in [-0.25, -0.2) is 4.79 Å². The lowest BCUT2D eigenvalue weighted by Gasteiger charge is -2.61. The fourth-order valence-corrected chi connectivity index (χ4v) is 6.90. The first-order chi connectivity index (χ1) is 14.3. The third-order valence-corrected chi connectivity index (χ3v) is 9.20. The van der Waals surface area contributed by atoms with E-state index in [-0.39, 0.29) is 34.2 Å². The molecule has 5 nitrogen and oxygen atoms in total. The van der Waals surface area contributed by atoms with Gasteiger partial charge in [0, 0.05) is 37.6 Å². The first-order valence-electron chi connectivity index (χ1n) is 11.7. The van der Waals surface area contributed by atoms with Gasteiger partial charge in [-0.1, -0.05) is 45.0 Å². The van der Waals surface area contributed by atoms with Gasteiger partial charge in [0.15, 0.2) is 0 Å². The minimum atomic E-state index is -0.370. The number of hydrogen-bond acceptors (Lipinski definition) is 2. The largest absolute Gasteiger partial charge is 0.356 e. The first-order valence-corrected chi connectivity index (χ1v) is 11.7. The smallest absolute Gasteiger partial charge is 0.320 e. The highest BCUT2D eigenvalue weighted by Gasteiger charge is 2.57. The van der Waals surface area contributed by atoms with Crippen molar-refractivity contribution in [1.82, 2.24) is 15.1 Å². The Morgan fingerprint density at radius 3 is 2.63 bits per heavy atom. The van der Waals surface area contributed by atoms with Crippen molar-refractivity contribution >= 4 is 11.9 Å². The van der Waals surface area contributed by atoms with Crippen LogP contribution in [0.25, 0.3) is 0 Å². The molecule has 1 aromatic carbocycles. The maximum Gasteiger partial charge on any atom is 0.320 e. The van der Waals surface area contributed by atoms with E-state index in [0.29, 0.717) is 6.54 Å². The number of likely N-dealkylation sites (tertiary alicyclic amines) is 2. The Labute approximate surface area is 180 Å². The zero-order valence-electron chi connectivity index (χ0n) is 18.7. The summed E-state index contributed by atoms with van der Waals surface area (Å²) in [5.74, 6) is 0.157. The quantitative estimate of drug-likeness (QED) is 0.710. The Hall–Kier alpha value is -2.04. The van der Waals surface area contributed by atoms with Crippen molar-refractivity contribution in [2.45, 2.75) is 70.8 Å². The number of benzene rings is 1. The van der Waals surface area contributed by atoms with Gasteiger partial charge in [0.05, 0.1) is 5.41 Å². The molecule has 30 heavy (non-hydrogen) atoms. The molecule has 3 atom stereocenters. The minimum Gasteiger partial charge on any atom is -0.356 e. The summed E-state index contributed by atoms with van der Waals surface area (Å²) in [6.45, 7) is 10.0. The van der Waals surface area contributed by atoms with E-state index in [1.54, 1.807) is 0 Å². The second-order valence-electron chi connectivity index (χ2n) is 10.8. The number of hydrogen-bond donors (Lipinski definition) is 1. The molecule has 3 amide bonds. The molecule has 3 heterocycles. The maximum atomic E-state index is 13.8. The van der Waals surface area contributed by atoms with Gasteiger partial charge in [-0.05, 0) is 55.1 Å². The number of rotatable bonds is 0. The van der Waals surface area contributed by atoms with E-state index >= 15 is 0 Å². The third-order valence-electron chi connectivity index (χ3n) is 9.20. The summed E-state index contributed by atoms with van der Waals surface area (Å²) in [4.78, 5) is 30.7. The lowest BCUT2D eigenvalue weighted by molar-refractivity contribution is -0.136. The summed E-state index contributed by atoms with van der Waals surface area (Å²) in [5, 5.41) is 3.05. The SMILES string of the molecule is CC1(C)[C@H]2Cc3ccccc3[C@]1(C)CCN2C(=O)N1CCCC2(CCCNC2=O)C1. The zero-order valence-corrected chi connectivity index (χ0v) is 18.7. The number of carbonyl (C=O) groups is 2. The topological polar surface area (TPSA) is 52.7 Å². The summed E-state index contributed by atoms with van der Waals surface area (Å²) in [6, 6.07) is 9.15. The number of piperidine rings is 3. The van der Waals surface area contributed by atoms with Crippen LogP contribution >= 0.6 is 0 Å². The van der Waals surface area contributed by atoms with Gasteiger partial charge >= 0.3 is 6.03 Å². The van der Waals surface area contributed by atoms with Gasteiger partial charge < -0.3 is 15.1 Å². The Bertz CT molecular complexity index is 877.